The Hall–Kier alpha value is -3.37. The predicted octanol–water partition coefficient (Wildman–Crippen LogP) is 4.06. The van der Waals surface area contributed by atoms with Crippen molar-refractivity contribution in [2.24, 2.45) is 5.73 Å². The number of rotatable bonds is 7. The third kappa shape index (κ3) is 4.70. The summed E-state index contributed by atoms with van der Waals surface area (Å²) in [6.45, 7) is 0.521. The van der Waals surface area contributed by atoms with E-state index in [0.29, 0.717) is 21.7 Å². The fraction of sp³-hybridized carbons (Fsp3) is 0.192. The number of nitrogens with two attached hydrogens (primary N) is 1. The van der Waals surface area contributed by atoms with Crippen LogP contribution in [-0.4, -0.2) is 56.0 Å². The van der Waals surface area contributed by atoms with Gasteiger partial charge in [-0.25, -0.2) is 8.42 Å². The number of aromatic nitrogens is 1. The van der Waals surface area contributed by atoms with Gasteiger partial charge in [-0.3, -0.25) is 4.79 Å². The summed E-state index contributed by atoms with van der Waals surface area (Å²) < 4.78 is 40.6. The number of carbonyl (C=O) groups is 1. The van der Waals surface area contributed by atoms with E-state index in [4.69, 9.17) is 26.8 Å². The number of H-pyrrole nitrogens is 1. The van der Waals surface area contributed by atoms with Crippen molar-refractivity contribution >= 4 is 38.4 Å². The number of nitrogens with one attached hydrogen (secondary N) is 1. The molecular weight excluding hydrogens is 502 g/mol. The summed E-state index contributed by atoms with van der Waals surface area (Å²) >= 11 is 6.12. The minimum Gasteiger partial charge on any atom is -0.490 e. The number of ether oxygens (including phenoxy) is 2. The average Bonchev–Trinajstić information content (AvgIpc) is 3.28. The summed E-state index contributed by atoms with van der Waals surface area (Å²) in [5, 5.41) is 0.659. The molecule has 8 nitrogen and oxygen atoms in total. The van der Waals surface area contributed by atoms with Crippen molar-refractivity contribution in [2.75, 3.05) is 26.3 Å². The Morgan fingerprint density at radius 1 is 1.11 bits per heavy atom. The lowest BCUT2D eigenvalue weighted by atomic mass is 10.1. The van der Waals surface area contributed by atoms with Crippen LogP contribution in [0.5, 0.6) is 5.75 Å². The van der Waals surface area contributed by atoms with E-state index in [9.17, 15) is 13.2 Å². The third-order valence-electron chi connectivity index (χ3n) is 6.06. The number of nitrogens with zero attached hydrogens (tertiary/aromatic N) is 1. The zero-order valence-electron chi connectivity index (χ0n) is 19.2. The summed E-state index contributed by atoms with van der Waals surface area (Å²) in [6, 6.07) is 22.2. The first-order valence-corrected chi connectivity index (χ1v) is 13.2. The molecule has 1 aliphatic heterocycles. The molecule has 3 aromatic carbocycles. The Morgan fingerprint density at radius 3 is 2.64 bits per heavy atom. The molecule has 0 bridgehead atoms. The number of carbonyl (C=O) groups excluding carboxylic acids is 1. The minimum absolute atomic E-state index is 0.0568. The number of halogens is 1. The maximum atomic E-state index is 13.7. The molecule has 36 heavy (non-hydrogen) atoms. The van der Waals surface area contributed by atoms with Crippen LogP contribution in [0.3, 0.4) is 0 Å². The highest BCUT2D eigenvalue weighted by atomic mass is 35.5. The average molecular weight is 526 g/mol. The number of amides is 1. The molecular formula is C26H24ClN3O5S. The monoisotopic (exact) mass is 525 g/mol. The molecule has 0 aliphatic carbocycles. The second kappa shape index (κ2) is 9.94. The van der Waals surface area contributed by atoms with E-state index >= 15 is 0 Å². The fourth-order valence-corrected chi connectivity index (χ4v) is 6.32. The van der Waals surface area contributed by atoms with Gasteiger partial charge < -0.3 is 20.2 Å². The van der Waals surface area contributed by atoms with E-state index in [0.717, 1.165) is 11.1 Å². The molecule has 2 heterocycles. The Balaban J connectivity index is 1.38. The number of primary amides is 1. The first-order chi connectivity index (χ1) is 17.3. The third-order valence-corrected chi connectivity index (χ3v) is 8.24. The molecule has 1 aromatic heterocycles. The number of hydrogen-bond donors (Lipinski definition) is 2. The SMILES string of the molecule is NC(=O)c1[nH]c2ccc(Cl)cc2c1S(=O)(=O)N1CCO[C@H](COc2ccccc2-c2ccccc2)C1. The summed E-state index contributed by atoms with van der Waals surface area (Å²) in [5.41, 5.74) is 7.74. The zero-order chi connectivity index (χ0) is 25.3. The Kier molecular flexibility index (Phi) is 6.72. The van der Waals surface area contributed by atoms with Gasteiger partial charge in [0.15, 0.2) is 0 Å². The van der Waals surface area contributed by atoms with Crippen LogP contribution in [0.2, 0.25) is 5.02 Å². The van der Waals surface area contributed by atoms with Gasteiger partial charge in [-0.15, -0.1) is 0 Å². The van der Waals surface area contributed by atoms with E-state index in [-0.39, 0.29) is 36.9 Å². The van der Waals surface area contributed by atoms with Crippen LogP contribution >= 0.6 is 11.6 Å². The molecule has 1 atom stereocenters. The summed E-state index contributed by atoms with van der Waals surface area (Å²) in [6.07, 6.45) is -0.511. The van der Waals surface area contributed by atoms with E-state index < -0.39 is 22.0 Å². The summed E-state index contributed by atoms with van der Waals surface area (Å²) in [4.78, 5) is 14.8. The van der Waals surface area contributed by atoms with Gasteiger partial charge in [0.25, 0.3) is 5.91 Å². The van der Waals surface area contributed by atoms with Crippen molar-refractivity contribution in [1.82, 2.24) is 9.29 Å². The quantitative estimate of drug-likeness (QED) is 0.377. The van der Waals surface area contributed by atoms with Gasteiger partial charge >= 0.3 is 0 Å². The predicted molar refractivity (Wildman–Crippen MR) is 138 cm³/mol. The van der Waals surface area contributed by atoms with Crippen molar-refractivity contribution in [1.29, 1.82) is 0 Å². The maximum absolute atomic E-state index is 13.7. The molecule has 0 saturated carbocycles. The van der Waals surface area contributed by atoms with Crippen LogP contribution in [0, 0.1) is 0 Å². The Morgan fingerprint density at radius 2 is 1.86 bits per heavy atom. The van der Waals surface area contributed by atoms with Crippen molar-refractivity contribution in [2.45, 2.75) is 11.0 Å². The molecule has 186 valence electrons. The highest BCUT2D eigenvalue weighted by Gasteiger charge is 2.36. The Bertz CT molecular complexity index is 1520. The van der Waals surface area contributed by atoms with Crippen molar-refractivity contribution < 1.29 is 22.7 Å². The van der Waals surface area contributed by atoms with Crippen LogP contribution in [0.25, 0.3) is 22.0 Å². The van der Waals surface area contributed by atoms with Gasteiger partial charge in [0.2, 0.25) is 10.0 Å². The lowest BCUT2D eigenvalue weighted by Gasteiger charge is -2.32. The number of benzene rings is 3. The van der Waals surface area contributed by atoms with Crippen molar-refractivity contribution in [3.05, 3.63) is 83.5 Å². The Labute approximate surface area is 213 Å². The molecule has 3 N–H and O–H groups in total. The summed E-state index contributed by atoms with van der Waals surface area (Å²) in [5.74, 6) is -0.193. The first kappa shape index (κ1) is 24.3. The molecule has 1 amide bonds. The van der Waals surface area contributed by atoms with E-state index in [2.05, 4.69) is 4.98 Å². The molecule has 4 aromatic rings. The largest absolute Gasteiger partial charge is 0.490 e. The smallest absolute Gasteiger partial charge is 0.266 e. The molecule has 5 rings (SSSR count). The highest BCUT2D eigenvalue weighted by Crippen LogP contribution is 2.33. The van der Waals surface area contributed by atoms with Gasteiger partial charge in [0, 0.05) is 34.6 Å². The topological polar surface area (TPSA) is 115 Å². The van der Waals surface area contributed by atoms with Gasteiger partial charge in [-0.1, -0.05) is 60.1 Å². The van der Waals surface area contributed by atoms with Crippen molar-refractivity contribution in [3.8, 4) is 16.9 Å². The fourth-order valence-electron chi connectivity index (χ4n) is 4.35. The molecule has 1 saturated heterocycles. The van der Waals surface area contributed by atoms with E-state index in [1.165, 1.54) is 10.4 Å². The maximum Gasteiger partial charge on any atom is 0.266 e. The van der Waals surface area contributed by atoms with Gasteiger partial charge in [-0.05, 0) is 29.8 Å². The van der Waals surface area contributed by atoms with Gasteiger partial charge in [-0.2, -0.15) is 4.31 Å². The van der Waals surface area contributed by atoms with E-state index in [1.54, 1.807) is 12.1 Å². The standard InChI is InChI=1S/C26H24ClN3O5S/c27-18-10-11-22-21(14-18)25(24(29-22)26(28)31)36(32,33)30-12-13-34-19(15-30)16-35-23-9-5-4-8-20(23)17-6-2-1-3-7-17/h1-11,14,19,29H,12-13,15-16H2,(H2,28,31)/t19-/m0/s1. The van der Waals surface area contributed by atoms with Crippen LogP contribution in [-0.2, 0) is 14.8 Å². The highest BCUT2D eigenvalue weighted by molar-refractivity contribution is 7.89. The normalized spacial score (nSPS) is 16.8. The molecule has 0 radical (unpaired) electrons. The number of morpholine rings is 1. The number of sulfonamides is 1. The zero-order valence-corrected chi connectivity index (χ0v) is 20.8. The second-order valence-electron chi connectivity index (χ2n) is 8.41. The summed E-state index contributed by atoms with van der Waals surface area (Å²) in [7, 11) is -4.10. The number of fused-ring (bicyclic) bond motifs is 1. The van der Waals surface area contributed by atoms with Gasteiger partial charge in [0.05, 0.1) is 6.61 Å². The lowest BCUT2D eigenvalue weighted by molar-refractivity contribution is -0.0248. The minimum atomic E-state index is -4.10. The van der Waals surface area contributed by atoms with Gasteiger partial charge in [0.1, 0.15) is 29.0 Å². The van der Waals surface area contributed by atoms with Crippen LogP contribution in [0.1, 0.15) is 10.5 Å². The molecule has 10 heteroatoms. The first-order valence-electron chi connectivity index (χ1n) is 11.3. The molecule has 0 unspecified atom stereocenters. The number of aromatic amines is 1. The molecule has 0 spiro atoms. The van der Waals surface area contributed by atoms with Crippen LogP contribution < -0.4 is 10.5 Å². The van der Waals surface area contributed by atoms with Crippen LogP contribution in [0.15, 0.2) is 77.7 Å². The number of para-hydroxylation sites is 1. The van der Waals surface area contributed by atoms with E-state index in [1.807, 2.05) is 54.6 Å². The lowest BCUT2D eigenvalue weighted by Crippen LogP contribution is -2.47. The van der Waals surface area contributed by atoms with Crippen LogP contribution in [0.4, 0.5) is 0 Å². The number of hydrogen-bond acceptors (Lipinski definition) is 5. The second-order valence-corrected chi connectivity index (χ2v) is 10.7. The molecule has 1 fully saturated rings. The van der Waals surface area contributed by atoms with Crippen molar-refractivity contribution in [3.63, 3.8) is 0 Å². The molecule has 1 aliphatic rings.